The molecule has 0 unspecified atom stereocenters. The molecule has 3 amide bonds. The Bertz CT molecular complexity index is 804. The predicted octanol–water partition coefficient (Wildman–Crippen LogP) is 3.43. The van der Waals surface area contributed by atoms with Crippen LogP contribution in [0.1, 0.15) is 27.0 Å². The molecule has 0 aliphatic rings. The number of carbonyl (C=O) groups is 2. The number of aryl methyl sites for hydroxylation is 1. The lowest BCUT2D eigenvalue weighted by molar-refractivity contribution is -0.137. The van der Waals surface area contributed by atoms with Crippen LogP contribution < -0.4 is 16.4 Å². The van der Waals surface area contributed by atoms with Crippen LogP contribution in [0, 0.1) is 6.92 Å². The molecular weight excluding hydrogens is 335 g/mol. The molecule has 0 aliphatic carbocycles. The molecule has 5 nitrogen and oxygen atoms in total. The van der Waals surface area contributed by atoms with Crippen LogP contribution in [-0.4, -0.2) is 11.9 Å². The van der Waals surface area contributed by atoms with Crippen molar-refractivity contribution in [3.8, 4) is 0 Å². The van der Waals surface area contributed by atoms with Gasteiger partial charge in [-0.3, -0.25) is 4.79 Å². The van der Waals surface area contributed by atoms with Gasteiger partial charge in [-0.25, -0.2) is 4.79 Å². The minimum absolute atomic E-state index is 0.0614. The van der Waals surface area contributed by atoms with Crippen molar-refractivity contribution >= 4 is 17.6 Å². The number of carbonyl (C=O) groups excluding carboxylic acids is 2. The Hall–Kier alpha value is -3.03. The van der Waals surface area contributed by atoms with Gasteiger partial charge in [0.15, 0.2) is 0 Å². The third-order valence-electron chi connectivity index (χ3n) is 3.46. The summed E-state index contributed by atoms with van der Waals surface area (Å²) >= 11 is 0. The molecule has 2 aromatic rings. The number of anilines is 1. The molecule has 0 radical (unpaired) electrons. The Morgan fingerprint density at radius 1 is 1.12 bits per heavy atom. The Balaban J connectivity index is 1.97. The predicted molar refractivity (Wildman–Crippen MR) is 87.0 cm³/mol. The first-order valence-electron chi connectivity index (χ1n) is 7.28. The first-order valence-corrected chi connectivity index (χ1v) is 7.28. The maximum absolute atomic E-state index is 12.6. The van der Waals surface area contributed by atoms with Gasteiger partial charge in [0.25, 0.3) is 0 Å². The molecule has 0 saturated carbocycles. The molecule has 132 valence electrons. The van der Waals surface area contributed by atoms with Crippen molar-refractivity contribution in [3.63, 3.8) is 0 Å². The quantitative estimate of drug-likeness (QED) is 0.788. The van der Waals surface area contributed by atoms with Gasteiger partial charge in [0.05, 0.1) is 5.56 Å². The molecular formula is C17H16F3N3O2. The monoisotopic (exact) mass is 351 g/mol. The van der Waals surface area contributed by atoms with Crippen molar-refractivity contribution in [1.29, 1.82) is 0 Å². The second-order valence-electron chi connectivity index (χ2n) is 5.40. The van der Waals surface area contributed by atoms with Crippen molar-refractivity contribution in [1.82, 2.24) is 5.32 Å². The lowest BCUT2D eigenvalue weighted by Gasteiger charge is -2.11. The number of amides is 3. The molecule has 0 atom stereocenters. The molecule has 0 spiro atoms. The van der Waals surface area contributed by atoms with Crippen LogP contribution in [0.5, 0.6) is 0 Å². The number of rotatable bonds is 4. The van der Waals surface area contributed by atoms with E-state index in [1.54, 1.807) is 13.0 Å². The Morgan fingerprint density at radius 3 is 2.44 bits per heavy atom. The molecule has 2 rings (SSSR count). The van der Waals surface area contributed by atoms with Crippen molar-refractivity contribution < 1.29 is 22.8 Å². The van der Waals surface area contributed by atoms with Crippen molar-refractivity contribution in [2.45, 2.75) is 19.6 Å². The zero-order chi connectivity index (χ0) is 18.6. The second-order valence-corrected chi connectivity index (χ2v) is 5.40. The summed E-state index contributed by atoms with van der Waals surface area (Å²) in [6, 6.07) is 8.70. The third kappa shape index (κ3) is 4.97. The summed E-state index contributed by atoms with van der Waals surface area (Å²) in [6.07, 6.45) is -4.43. The van der Waals surface area contributed by atoms with E-state index >= 15 is 0 Å². The summed E-state index contributed by atoms with van der Waals surface area (Å²) in [5.74, 6) is -0.571. The van der Waals surface area contributed by atoms with Gasteiger partial charge in [0, 0.05) is 17.8 Å². The molecule has 2 aromatic carbocycles. The van der Waals surface area contributed by atoms with Gasteiger partial charge in [-0.15, -0.1) is 0 Å². The second kappa shape index (κ2) is 7.25. The minimum Gasteiger partial charge on any atom is -0.366 e. The molecule has 0 bridgehead atoms. The van der Waals surface area contributed by atoms with Crippen LogP contribution in [0.3, 0.4) is 0 Å². The summed E-state index contributed by atoms with van der Waals surface area (Å²) in [5.41, 5.74) is 6.13. The van der Waals surface area contributed by atoms with Crippen LogP contribution >= 0.6 is 0 Å². The molecule has 8 heteroatoms. The zero-order valence-electron chi connectivity index (χ0n) is 13.3. The topological polar surface area (TPSA) is 84.2 Å². The summed E-state index contributed by atoms with van der Waals surface area (Å²) in [4.78, 5) is 23.0. The SMILES string of the molecule is Cc1cc(NC(=O)NCc2cccc(C(F)(F)F)c2)ccc1C(N)=O. The molecule has 0 fully saturated rings. The Kier molecular flexibility index (Phi) is 5.31. The lowest BCUT2D eigenvalue weighted by Crippen LogP contribution is -2.28. The van der Waals surface area contributed by atoms with E-state index < -0.39 is 23.7 Å². The minimum atomic E-state index is -4.43. The maximum Gasteiger partial charge on any atom is 0.416 e. The van der Waals surface area contributed by atoms with Crippen molar-refractivity contribution in [3.05, 3.63) is 64.7 Å². The summed E-state index contributed by atoms with van der Waals surface area (Å²) in [6.45, 7) is 1.61. The molecule has 0 aromatic heterocycles. The largest absolute Gasteiger partial charge is 0.416 e. The Labute approximate surface area is 142 Å². The van der Waals surface area contributed by atoms with Gasteiger partial charge in [-0.1, -0.05) is 12.1 Å². The average Bonchev–Trinajstić information content (AvgIpc) is 2.52. The highest BCUT2D eigenvalue weighted by Crippen LogP contribution is 2.29. The number of benzene rings is 2. The number of nitrogens with two attached hydrogens (primary N) is 1. The number of alkyl halides is 3. The van der Waals surface area contributed by atoms with Gasteiger partial charge in [-0.2, -0.15) is 13.2 Å². The number of hydrogen-bond donors (Lipinski definition) is 3. The number of nitrogens with one attached hydrogen (secondary N) is 2. The zero-order valence-corrected chi connectivity index (χ0v) is 13.3. The van der Waals surface area contributed by atoms with E-state index in [1.165, 1.54) is 24.3 Å². The molecule has 25 heavy (non-hydrogen) atoms. The number of urea groups is 1. The number of hydrogen-bond acceptors (Lipinski definition) is 2. The molecule has 0 saturated heterocycles. The van der Waals surface area contributed by atoms with Gasteiger partial charge >= 0.3 is 12.2 Å². The number of halogens is 3. The smallest absolute Gasteiger partial charge is 0.366 e. The van der Waals surface area contributed by atoms with Gasteiger partial charge in [0.1, 0.15) is 0 Å². The van der Waals surface area contributed by atoms with Crippen LogP contribution in [0.15, 0.2) is 42.5 Å². The highest BCUT2D eigenvalue weighted by molar-refractivity contribution is 5.95. The van der Waals surface area contributed by atoms with Crippen LogP contribution in [0.2, 0.25) is 0 Å². The van der Waals surface area contributed by atoms with Crippen LogP contribution in [-0.2, 0) is 12.7 Å². The fourth-order valence-electron chi connectivity index (χ4n) is 2.23. The van der Waals surface area contributed by atoms with Crippen molar-refractivity contribution in [2.75, 3.05) is 5.32 Å². The maximum atomic E-state index is 12.6. The third-order valence-corrected chi connectivity index (χ3v) is 3.46. The lowest BCUT2D eigenvalue weighted by atomic mass is 10.1. The summed E-state index contributed by atoms with van der Waals surface area (Å²) < 4.78 is 37.9. The van der Waals surface area contributed by atoms with E-state index in [9.17, 15) is 22.8 Å². The van der Waals surface area contributed by atoms with Gasteiger partial charge < -0.3 is 16.4 Å². The van der Waals surface area contributed by atoms with E-state index in [1.807, 2.05) is 0 Å². The van der Waals surface area contributed by atoms with Crippen LogP contribution in [0.4, 0.5) is 23.7 Å². The highest BCUT2D eigenvalue weighted by atomic mass is 19.4. The van der Waals surface area contributed by atoms with Gasteiger partial charge in [0.2, 0.25) is 5.91 Å². The average molecular weight is 351 g/mol. The first-order chi connectivity index (χ1) is 11.7. The summed E-state index contributed by atoms with van der Waals surface area (Å²) in [7, 11) is 0. The molecule has 0 heterocycles. The fourth-order valence-corrected chi connectivity index (χ4v) is 2.23. The van der Waals surface area contributed by atoms with Crippen molar-refractivity contribution in [2.24, 2.45) is 5.73 Å². The standard InChI is InChI=1S/C17H16F3N3O2/c1-10-7-13(5-6-14(10)15(21)24)23-16(25)22-9-11-3-2-4-12(8-11)17(18,19)20/h2-8H,9H2,1H3,(H2,21,24)(H2,22,23,25). The molecule has 0 aliphatic heterocycles. The van der Waals surface area contributed by atoms with E-state index in [2.05, 4.69) is 10.6 Å². The summed E-state index contributed by atoms with van der Waals surface area (Å²) in [5, 5.41) is 5.01. The van der Waals surface area contributed by atoms with E-state index in [0.717, 1.165) is 12.1 Å². The first kappa shape index (κ1) is 18.3. The fraction of sp³-hybridized carbons (Fsp3) is 0.176. The number of primary amides is 1. The van der Waals surface area contributed by atoms with E-state index in [0.29, 0.717) is 22.4 Å². The van der Waals surface area contributed by atoms with Crippen LogP contribution in [0.25, 0.3) is 0 Å². The van der Waals surface area contributed by atoms with Gasteiger partial charge in [-0.05, 0) is 48.4 Å². The Morgan fingerprint density at radius 2 is 1.84 bits per heavy atom. The molecule has 4 N–H and O–H groups in total. The highest BCUT2D eigenvalue weighted by Gasteiger charge is 2.30. The normalized spacial score (nSPS) is 11.0. The van der Waals surface area contributed by atoms with E-state index in [4.69, 9.17) is 5.73 Å². The van der Waals surface area contributed by atoms with E-state index in [-0.39, 0.29) is 6.54 Å².